The summed E-state index contributed by atoms with van der Waals surface area (Å²) < 4.78 is 1.99. The van der Waals surface area contributed by atoms with Crippen molar-refractivity contribution in [2.75, 3.05) is 30.3 Å². The summed E-state index contributed by atoms with van der Waals surface area (Å²) in [6.07, 6.45) is 4.46. The summed E-state index contributed by atoms with van der Waals surface area (Å²) in [6.45, 7) is 8.27. The Bertz CT molecular complexity index is 902. The zero-order valence-corrected chi connectivity index (χ0v) is 18.0. The van der Waals surface area contributed by atoms with Gasteiger partial charge in [0, 0.05) is 19.2 Å². The molecule has 0 saturated carbocycles. The van der Waals surface area contributed by atoms with Gasteiger partial charge < -0.3 is 16.0 Å². The van der Waals surface area contributed by atoms with E-state index in [1.807, 2.05) is 16.8 Å². The first kappa shape index (κ1) is 21.4. The van der Waals surface area contributed by atoms with Crippen LogP contribution in [0.5, 0.6) is 0 Å². The van der Waals surface area contributed by atoms with E-state index in [4.69, 9.17) is 5.10 Å². The highest BCUT2D eigenvalue weighted by molar-refractivity contribution is 5.85. The maximum atomic E-state index is 4.84. The van der Waals surface area contributed by atoms with E-state index in [0.717, 1.165) is 49.0 Å². The molecule has 3 heterocycles. The number of fused-ring (bicyclic) bond motifs is 1. The average Bonchev–Trinajstić information content (AvgIpc) is 3.16. The van der Waals surface area contributed by atoms with Crippen molar-refractivity contribution in [1.29, 1.82) is 0 Å². The third kappa shape index (κ3) is 5.19. The van der Waals surface area contributed by atoms with Gasteiger partial charge in [0.25, 0.3) is 0 Å². The summed E-state index contributed by atoms with van der Waals surface area (Å²) in [6, 6.07) is 12.5. The molecule has 1 saturated heterocycles. The second kappa shape index (κ2) is 9.94. The van der Waals surface area contributed by atoms with Crippen molar-refractivity contribution in [1.82, 2.24) is 19.9 Å². The number of anilines is 2. The van der Waals surface area contributed by atoms with Crippen molar-refractivity contribution in [3.63, 3.8) is 0 Å². The van der Waals surface area contributed by atoms with Crippen molar-refractivity contribution in [2.24, 2.45) is 5.92 Å². The zero-order valence-electron chi connectivity index (χ0n) is 17.2. The molecule has 0 radical (unpaired) electrons. The van der Waals surface area contributed by atoms with Crippen LogP contribution < -0.4 is 16.0 Å². The average molecular weight is 415 g/mol. The van der Waals surface area contributed by atoms with Crippen LogP contribution >= 0.6 is 12.4 Å². The van der Waals surface area contributed by atoms with Gasteiger partial charge in [-0.2, -0.15) is 0 Å². The number of hydrogen-bond donors (Lipinski definition) is 3. The molecule has 1 aliphatic heterocycles. The van der Waals surface area contributed by atoms with Crippen LogP contribution in [0.1, 0.15) is 43.9 Å². The van der Waals surface area contributed by atoms with Crippen LogP contribution in [0.2, 0.25) is 0 Å². The normalized spacial score (nSPS) is 16.6. The molecular weight excluding hydrogens is 384 g/mol. The molecule has 4 rings (SSSR count). The van der Waals surface area contributed by atoms with Crippen molar-refractivity contribution >= 4 is 29.6 Å². The first-order chi connectivity index (χ1) is 13.7. The monoisotopic (exact) mass is 414 g/mol. The topological polar surface area (TPSA) is 66.3 Å². The second-order valence-corrected chi connectivity index (χ2v) is 7.95. The van der Waals surface area contributed by atoms with Gasteiger partial charge in [-0.15, -0.1) is 17.5 Å². The van der Waals surface area contributed by atoms with E-state index >= 15 is 0 Å². The van der Waals surface area contributed by atoms with E-state index in [1.54, 1.807) is 0 Å². The smallest absolute Gasteiger partial charge is 0.177 e. The van der Waals surface area contributed by atoms with Crippen LogP contribution in [-0.4, -0.2) is 34.2 Å². The van der Waals surface area contributed by atoms with Gasteiger partial charge in [-0.05, 0) is 43.3 Å². The SMILES string of the molecule is CC(C)c1cnc2c(NCc3ccccc3)cc(NC[C@H]3CCCNC3)nn12.Cl. The highest BCUT2D eigenvalue weighted by Gasteiger charge is 2.16. The molecule has 3 aromatic rings. The Hall–Kier alpha value is -2.31. The number of benzene rings is 1. The first-order valence-corrected chi connectivity index (χ1v) is 10.3. The highest BCUT2D eigenvalue weighted by atomic mass is 35.5. The molecule has 0 bridgehead atoms. The van der Waals surface area contributed by atoms with Crippen LogP contribution in [0.4, 0.5) is 11.5 Å². The van der Waals surface area contributed by atoms with Crippen LogP contribution in [-0.2, 0) is 6.54 Å². The number of aromatic nitrogens is 3. The lowest BCUT2D eigenvalue weighted by atomic mass is 10.00. The maximum absolute atomic E-state index is 4.84. The van der Waals surface area contributed by atoms with E-state index in [9.17, 15) is 0 Å². The minimum atomic E-state index is 0. The van der Waals surface area contributed by atoms with Crippen LogP contribution in [0.15, 0.2) is 42.6 Å². The summed E-state index contributed by atoms with van der Waals surface area (Å²) in [5, 5.41) is 15.4. The van der Waals surface area contributed by atoms with E-state index in [1.165, 1.54) is 18.4 Å². The molecule has 0 unspecified atom stereocenters. The van der Waals surface area contributed by atoms with Crippen LogP contribution in [0.25, 0.3) is 5.65 Å². The molecule has 0 spiro atoms. The fourth-order valence-electron chi connectivity index (χ4n) is 3.74. The fraction of sp³-hybridized carbons (Fsp3) is 0.455. The van der Waals surface area contributed by atoms with Gasteiger partial charge in [0.2, 0.25) is 0 Å². The molecule has 7 heteroatoms. The predicted octanol–water partition coefficient (Wildman–Crippen LogP) is 4.30. The molecule has 6 nitrogen and oxygen atoms in total. The highest BCUT2D eigenvalue weighted by Crippen LogP contribution is 2.24. The third-order valence-electron chi connectivity index (χ3n) is 5.38. The molecule has 3 N–H and O–H groups in total. The van der Waals surface area contributed by atoms with Gasteiger partial charge in [-0.25, -0.2) is 9.50 Å². The molecule has 0 aliphatic carbocycles. The molecule has 2 aromatic heterocycles. The summed E-state index contributed by atoms with van der Waals surface area (Å²) in [7, 11) is 0. The fourth-order valence-corrected chi connectivity index (χ4v) is 3.74. The first-order valence-electron chi connectivity index (χ1n) is 10.3. The quantitative estimate of drug-likeness (QED) is 0.538. The van der Waals surface area contributed by atoms with Crippen molar-refractivity contribution < 1.29 is 0 Å². The van der Waals surface area contributed by atoms with Crippen molar-refractivity contribution in [3.8, 4) is 0 Å². The van der Waals surface area contributed by atoms with Crippen LogP contribution in [0, 0.1) is 5.92 Å². The Morgan fingerprint density at radius 3 is 2.76 bits per heavy atom. The van der Waals surface area contributed by atoms with Crippen molar-refractivity contribution in [2.45, 2.75) is 39.2 Å². The minimum Gasteiger partial charge on any atom is -0.378 e. The van der Waals surface area contributed by atoms with E-state index in [-0.39, 0.29) is 12.4 Å². The maximum Gasteiger partial charge on any atom is 0.177 e. The number of piperidine rings is 1. The molecule has 156 valence electrons. The molecule has 1 fully saturated rings. The molecule has 1 aromatic carbocycles. The zero-order chi connectivity index (χ0) is 19.3. The van der Waals surface area contributed by atoms with Gasteiger partial charge in [0.15, 0.2) is 5.65 Å². The Labute approximate surface area is 178 Å². The summed E-state index contributed by atoms with van der Waals surface area (Å²) >= 11 is 0. The second-order valence-electron chi connectivity index (χ2n) is 7.95. The summed E-state index contributed by atoms with van der Waals surface area (Å²) in [4.78, 5) is 4.64. The Morgan fingerprint density at radius 2 is 2.03 bits per heavy atom. The molecule has 0 amide bonds. The number of hydrogen-bond acceptors (Lipinski definition) is 5. The standard InChI is InChI=1S/C22H30N6.ClH/c1-16(2)20-15-26-22-19(24-13-17-7-4-3-5-8-17)11-21(27-28(20)22)25-14-18-9-6-10-23-12-18;/h3-5,7-8,11,15-16,18,23-24H,6,9-10,12-14H2,1-2H3,(H,25,27);1H/t18-;/m0./s1. The summed E-state index contributed by atoms with van der Waals surface area (Å²) in [5.41, 5.74) is 4.26. The molecular formula is C22H31ClN6. The van der Waals surface area contributed by atoms with Crippen molar-refractivity contribution in [3.05, 3.63) is 53.9 Å². The number of imidazole rings is 1. The number of rotatable bonds is 7. The lowest BCUT2D eigenvalue weighted by Crippen LogP contribution is -2.33. The predicted molar refractivity (Wildman–Crippen MR) is 122 cm³/mol. The summed E-state index contributed by atoms with van der Waals surface area (Å²) in [5.74, 6) is 1.91. The number of halogens is 1. The Kier molecular flexibility index (Phi) is 7.34. The van der Waals surface area contributed by atoms with Gasteiger partial charge in [0.05, 0.1) is 17.6 Å². The number of nitrogens with one attached hydrogen (secondary N) is 3. The van der Waals surface area contributed by atoms with Gasteiger partial charge >= 0.3 is 0 Å². The van der Waals surface area contributed by atoms with E-state index in [0.29, 0.717) is 11.8 Å². The third-order valence-corrected chi connectivity index (χ3v) is 5.38. The number of nitrogens with zero attached hydrogens (tertiary/aromatic N) is 3. The lowest BCUT2D eigenvalue weighted by Gasteiger charge is -2.23. The van der Waals surface area contributed by atoms with Crippen LogP contribution in [0.3, 0.4) is 0 Å². The van der Waals surface area contributed by atoms with Gasteiger partial charge in [0.1, 0.15) is 5.82 Å². The largest absolute Gasteiger partial charge is 0.378 e. The van der Waals surface area contributed by atoms with E-state index < -0.39 is 0 Å². The Balaban J connectivity index is 0.00000240. The molecule has 1 atom stereocenters. The molecule has 29 heavy (non-hydrogen) atoms. The van der Waals surface area contributed by atoms with Gasteiger partial charge in [-0.1, -0.05) is 44.2 Å². The Morgan fingerprint density at radius 1 is 1.21 bits per heavy atom. The van der Waals surface area contributed by atoms with Gasteiger partial charge in [-0.3, -0.25) is 0 Å². The van der Waals surface area contributed by atoms with E-state index in [2.05, 4.69) is 65.1 Å². The lowest BCUT2D eigenvalue weighted by molar-refractivity contribution is 0.392. The molecule has 1 aliphatic rings. The minimum absolute atomic E-state index is 0.